The van der Waals surface area contributed by atoms with Gasteiger partial charge in [0, 0.05) is 23.5 Å². The molecule has 0 fully saturated rings. The van der Waals surface area contributed by atoms with Crippen LogP contribution in [0.3, 0.4) is 0 Å². The molecule has 68 valence electrons. The number of thiazole rings is 1. The van der Waals surface area contributed by atoms with Crippen molar-refractivity contribution in [1.29, 1.82) is 0 Å². The predicted octanol–water partition coefficient (Wildman–Crippen LogP) is 2.23. The second-order valence-electron chi connectivity index (χ2n) is 3.50. The summed E-state index contributed by atoms with van der Waals surface area (Å²) < 4.78 is 0. The van der Waals surface area contributed by atoms with Gasteiger partial charge in [0.15, 0.2) is 0 Å². The van der Waals surface area contributed by atoms with E-state index in [0.29, 0.717) is 11.8 Å². The fraction of sp³-hybridized carbons (Fsp3) is 0.667. The molecule has 0 radical (unpaired) electrons. The molecule has 0 aromatic carbocycles. The Labute approximate surface area is 77.8 Å². The third kappa shape index (κ3) is 2.05. The third-order valence-corrected chi connectivity index (χ3v) is 2.90. The van der Waals surface area contributed by atoms with E-state index >= 15 is 0 Å². The summed E-state index contributed by atoms with van der Waals surface area (Å²) in [6.07, 6.45) is 1.84. The maximum Gasteiger partial charge on any atom is 0.0973 e. The molecule has 0 aliphatic rings. The number of nitrogens with zero attached hydrogens (tertiary/aromatic N) is 1. The van der Waals surface area contributed by atoms with Gasteiger partial charge in [-0.05, 0) is 12.8 Å². The number of nitrogens with two attached hydrogens (primary N) is 1. The summed E-state index contributed by atoms with van der Waals surface area (Å²) in [7, 11) is 0. The zero-order chi connectivity index (χ0) is 9.14. The van der Waals surface area contributed by atoms with Gasteiger partial charge in [-0.1, -0.05) is 13.8 Å². The number of aromatic nitrogens is 1. The van der Waals surface area contributed by atoms with Gasteiger partial charge in [-0.3, -0.25) is 0 Å². The average Bonchev–Trinajstić information content (AvgIpc) is 2.37. The van der Waals surface area contributed by atoms with Gasteiger partial charge in [0.1, 0.15) is 0 Å². The molecule has 0 saturated carbocycles. The van der Waals surface area contributed by atoms with E-state index in [4.69, 9.17) is 5.73 Å². The number of rotatable bonds is 3. The largest absolute Gasteiger partial charge is 0.327 e. The van der Waals surface area contributed by atoms with Crippen molar-refractivity contribution < 1.29 is 0 Å². The number of hydrogen-bond donors (Lipinski definition) is 1. The molecule has 2 unspecified atom stereocenters. The molecular weight excluding hydrogens is 168 g/mol. The van der Waals surface area contributed by atoms with E-state index in [9.17, 15) is 0 Å². The Hall–Kier alpha value is -0.410. The smallest absolute Gasteiger partial charge is 0.0973 e. The van der Waals surface area contributed by atoms with Gasteiger partial charge in [0.05, 0.1) is 5.01 Å². The Bertz CT molecular complexity index is 208. The Balaban J connectivity index is 2.81. The lowest BCUT2D eigenvalue weighted by Crippen LogP contribution is -2.28. The maximum atomic E-state index is 5.90. The van der Waals surface area contributed by atoms with Crippen molar-refractivity contribution in [2.24, 2.45) is 11.7 Å². The van der Waals surface area contributed by atoms with Gasteiger partial charge in [-0.15, -0.1) is 11.3 Å². The second-order valence-corrected chi connectivity index (χ2v) is 4.43. The van der Waals surface area contributed by atoms with Crippen LogP contribution in [0, 0.1) is 5.92 Å². The predicted molar refractivity (Wildman–Crippen MR) is 53.3 cm³/mol. The maximum absolute atomic E-state index is 5.90. The molecule has 1 aromatic rings. The van der Waals surface area contributed by atoms with Gasteiger partial charge in [0.2, 0.25) is 0 Å². The lowest BCUT2D eigenvalue weighted by molar-refractivity contribution is 0.434. The van der Waals surface area contributed by atoms with E-state index in [0.717, 1.165) is 0 Å². The normalized spacial score (nSPS) is 16.4. The third-order valence-electron chi connectivity index (χ3n) is 2.02. The van der Waals surface area contributed by atoms with E-state index in [1.807, 2.05) is 18.5 Å². The summed E-state index contributed by atoms with van der Waals surface area (Å²) in [5.41, 5.74) is 5.90. The Morgan fingerprint density at radius 2 is 2.08 bits per heavy atom. The Morgan fingerprint density at radius 1 is 1.42 bits per heavy atom. The van der Waals surface area contributed by atoms with Crippen LogP contribution in [0.15, 0.2) is 11.6 Å². The van der Waals surface area contributed by atoms with Crippen molar-refractivity contribution in [3.05, 3.63) is 16.6 Å². The first kappa shape index (κ1) is 9.68. The van der Waals surface area contributed by atoms with Gasteiger partial charge in [0.25, 0.3) is 0 Å². The van der Waals surface area contributed by atoms with Crippen LogP contribution in [-0.2, 0) is 0 Å². The molecule has 0 aliphatic carbocycles. The minimum absolute atomic E-state index is 0.191. The monoisotopic (exact) mass is 184 g/mol. The van der Waals surface area contributed by atoms with Crippen molar-refractivity contribution >= 4 is 11.3 Å². The van der Waals surface area contributed by atoms with E-state index in [-0.39, 0.29) is 6.04 Å². The van der Waals surface area contributed by atoms with Gasteiger partial charge in [-0.2, -0.15) is 0 Å². The Kier molecular flexibility index (Phi) is 3.23. The summed E-state index contributed by atoms with van der Waals surface area (Å²) in [4.78, 5) is 4.30. The first-order valence-corrected chi connectivity index (χ1v) is 5.16. The molecule has 0 saturated heterocycles. The molecule has 1 aromatic heterocycles. The summed E-state index contributed by atoms with van der Waals surface area (Å²) in [5.74, 6) is 0.973. The highest BCUT2D eigenvalue weighted by Crippen LogP contribution is 2.28. The van der Waals surface area contributed by atoms with Crippen molar-refractivity contribution in [2.45, 2.75) is 32.7 Å². The molecule has 2 atom stereocenters. The fourth-order valence-corrected chi connectivity index (χ4v) is 2.54. The molecule has 0 amide bonds. The van der Waals surface area contributed by atoms with Crippen LogP contribution in [0.4, 0.5) is 0 Å². The topological polar surface area (TPSA) is 38.9 Å². The summed E-state index contributed by atoms with van der Waals surface area (Å²) >= 11 is 1.70. The van der Waals surface area contributed by atoms with Crippen LogP contribution in [0.25, 0.3) is 0 Å². The average molecular weight is 184 g/mol. The highest BCUT2D eigenvalue weighted by molar-refractivity contribution is 7.09. The standard InChI is InChI=1S/C9H16N2S/c1-6(2)8(7(3)10)9-11-4-5-12-9/h4-8H,10H2,1-3H3. The Morgan fingerprint density at radius 3 is 2.42 bits per heavy atom. The first-order valence-electron chi connectivity index (χ1n) is 4.28. The zero-order valence-electron chi connectivity index (χ0n) is 7.82. The molecular formula is C9H16N2S. The lowest BCUT2D eigenvalue weighted by atomic mass is 9.90. The molecule has 0 bridgehead atoms. The molecule has 2 N–H and O–H groups in total. The molecule has 2 nitrogen and oxygen atoms in total. The molecule has 12 heavy (non-hydrogen) atoms. The van der Waals surface area contributed by atoms with Crippen LogP contribution in [0.1, 0.15) is 31.7 Å². The quantitative estimate of drug-likeness (QED) is 0.782. The molecule has 0 aliphatic heterocycles. The van der Waals surface area contributed by atoms with Crippen molar-refractivity contribution in [3.63, 3.8) is 0 Å². The van der Waals surface area contributed by atoms with E-state index in [1.165, 1.54) is 5.01 Å². The minimum Gasteiger partial charge on any atom is -0.327 e. The van der Waals surface area contributed by atoms with Gasteiger partial charge in [-0.25, -0.2) is 4.98 Å². The second kappa shape index (κ2) is 4.01. The molecule has 1 heterocycles. The van der Waals surface area contributed by atoms with Crippen LogP contribution < -0.4 is 5.73 Å². The van der Waals surface area contributed by atoms with Crippen molar-refractivity contribution in [1.82, 2.24) is 4.98 Å². The first-order chi connectivity index (χ1) is 5.63. The number of hydrogen-bond acceptors (Lipinski definition) is 3. The molecule has 1 rings (SSSR count). The van der Waals surface area contributed by atoms with Crippen molar-refractivity contribution in [3.8, 4) is 0 Å². The summed E-state index contributed by atoms with van der Waals surface area (Å²) in [6.45, 7) is 6.43. The fourth-order valence-electron chi connectivity index (χ4n) is 1.52. The van der Waals surface area contributed by atoms with Crippen LogP contribution in [-0.4, -0.2) is 11.0 Å². The van der Waals surface area contributed by atoms with Crippen molar-refractivity contribution in [2.75, 3.05) is 0 Å². The van der Waals surface area contributed by atoms with Crippen LogP contribution in [0.2, 0.25) is 0 Å². The highest BCUT2D eigenvalue weighted by atomic mass is 32.1. The minimum atomic E-state index is 0.191. The lowest BCUT2D eigenvalue weighted by Gasteiger charge is -2.21. The molecule has 0 spiro atoms. The SMILES string of the molecule is CC(C)C(c1nccs1)C(C)N. The van der Waals surface area contributed by atoms with E-state index < -0.39 is 0 Å². The van der Waals surface area contributed by atoms with E-state index in [1.54, 1.807) is 11.3 Å². The molecule has 3 heteroatoms. The van der Waals surface area contributed by atoms with Gasteiger partial charge >= 0.3 is 0 Å². The highest BCUT2D eigenvalue weighted by Gasteiger charge is 2.21. The van der Waals surface area contributed by atoms with Gasteiger partial charge < -0.3 is 5.73 Å². The summed E-state index contributed by atoms with van der Waals surface area (Å²) in [5, 5.41) is 3.17. The zero-order valence-corrected chi connectivity index (χ0v) is 8.64. The van der Waals surface area contributed by atoms with Crippen LogP contribution >= 0.6 is 11.3 Å². The van der Waals surface area contributed by atoms with Crippen LogP contribution in [0.5, 0.6) is 0 Å². The summed E-state index contributed by atoms with van der Waals surface area (Å²) in [6, 6.07) is 0.191. The van der Waals surface area contributed by atoms with E-state index in [2.05, 4.69) is 18.8 Å².